The van der Waals surface area contributed by atoms with Gasteiger partial charge in [0.25, 0.3) is 0 Å². The molecule has 1 amide bonds. The lowest BCUT2D eigenvalue weighted by molar-refractivity contribution is 0.0224. The summed E-state index contributed by atoms with van der Waals surface area (Å²) in [5, 5.41) is 12.9. The van der Waals surface area contributed by atoms with Crippen LogP contribution in [0.15, 0.2) is 42.7 Å². The zero-order valence-corrected chi connectivity index (χ0v) is 24.2. The number of anilines is 1. The molecule has 6 rings (SSSR count). The van der Waals surface area contributed by atoms with Gasteiger partial charge in [0.1, 0.15) is 23.2 Å². The smallest absolute Gasteiger partial charge is 0.410 e. The Morgan fingerprint density at radius 1 is 1.26 bits per heavy atom. The third-order valence-corrected chi connectivity index (χ3v) is 7.78. The van der Waals surface area contributed by atoms with E-state index in [1.165, 1.54) is 6.07 Å². The third-order valence-electron chi connectivity index (χ3n) is 7.78. The maximum atomic E-state index is 14.7. The van der Waals surface area contributed by atoms with Gasteiger partial charge in [-0.3, -0.25) is 4.40 Å². The first kappa shape index (κ1) is 27.5. The van der Waals surface area contributed by atoms with E-state index in [2.05, 4.69) is 27.4 Å². The van der Waals surface area contributed by atoms with Gasteiger partial charge in [0.05, 0.1) is 18.8 Å². The first-order valence-electron chi connectivity index (χ1n) is 14.2. The minimum Gasteiger partial charge on any atom is -0.493 e. The van der Waals surface area contributed by atoms with Gasteiger partial charge in [-0.2, -0.15) is 5.26 Å². The van der Waals surface area contributed by atoms with Crippen molar-refractivity contribution in [1.82, 2.24) is 19.3 Å². The Labute approximate surface area is 243 Å². The number of carbonyl (C=O) groups excluding carboxylic acids is 1. The molecule has 4 aromatic rings. The monoisotopic (exact) mass is 568 g/mol. The summed E-state index contributed by atoms with van der Waals surface area (Å²) in [5.41, 5.74) is 5.40. The number of imidazole rings is 1. The number of nitriles is 1. The summed E-state index contributed by atoms with van der Waals surface area (Å²) in [5.74, 6) is 0.861. The molecule has 9 nitrogen and oxygen atoms in total. The number of rotatable bonds is 5. The summed E-state index contributed by atoms with van der Waals surface area (Å²) >= 11 is 0. The van der Waals surface area contributed by atoms with Gasteiger partial charge in [-0.1, -0.05) is 18.2 Å². The zero-order chi connectivity index (χ0) is 29.6. The van der Waals surface area contributed by atoms with Crippen LogP contribution in [0.4, 0.5) is 15.1 Å². The molecule has 0 bridgehead atoms. The quantitative estimate of drug-likeness (QED) is 0.300. The molecule has 10 heteroatoms. The van der Waals surface area contributed by atoms with Crippen molar-refractivity contribution in [2.45, 2.75) is 65.1 Å². The van der Waals surface area contributed by atoms with Crippen LogP contribution >= 0.6 is 0 Å². The largest absolute Gasteiger partial charge is 0.493 e. The van der Waals surface area contributed by atoms with Gasteiger partial charge in [-0.15, -0.1) is 0 Å². The Kier molecular flexibility index (Phi) is 6.97. The van der Waals surface area contributed by atoms with Crippen molar-refractivity contribution < 1.29 is 18.7 Å². The maximum absolute atomic E-state index is 14.7. The second-order valence-corrected chi connectivity index (χ2v) is 11.8. The maximum Gasteiger partial charge on any atom is 0.410 e. The predicted octanol–water partition coefficient (Wildman–Crippen LogP) is 6.33. The minimum absolute atomic E-state index is 0.0563. The number of nitrogens with one attached hydrogen (secondary N) is 1. The summed E-state index contributed by atoms with van der Waals surface area (Å²) in [6, 6.07) is 11.3. The number of aromatic nitrogens is 3. The van der Waals surface area contributed by atoms with Crippen LogP contribution in [-0.4, -0.2) is 44.1 Å². The summed E-state index contributed by atoms with van der Waals surface area (Å²) in [7, 11) is 0. The number of aryl methyl sites for hydroxylation is 1. The SMILES string of the molecule is Cc1cc([C@H]2CCCN2C(=O)OC(C)(C)C)ccc1-c1cnc(NCc2c(F)ccc3c2CCO3)n2cc(C#N)nc12. The van der Waals surface area contributed by atoms with E-state index >= 15 is 0 Å². The zero-order valence-electron chi connectivity index (χ0n) is 24.2. The lowest BCUT2D eigenvalue weighted by Gasteiger charge is -2.29. The number of hydrogen-bond donors (Lipinski definition) is 1. The van der Waals surface area contributed by atoms with Crippen LogP contribution in [0, 0.1) is 24.1 Å². The van der Waals surface area contributed by atoms with Gasteiger partial charge >= 0.3 is 6.09 Å². The van der Waals surface area contributed by atoms with Gasteiger partial charge in [-0.25, -0.2) is 19.2 Å². The number of hydrogen-bond acceptors (Lipinski definition) is 7. The average molecular weight is 569 g/mol. The fraction of sp³-hybridized carbons (Fsp3) is 0.375. The van der Waals surface area contributed by atoms with E-state index in [-0.39, 0.29) is 30.2 Å². The topological polar surface area (TPSA) is 105 Å². The molecule has 2 aromatic carbocycles. The molecule has 2 aliphatic rings. The summed E-state index contributed by atoms with van der Waals surface area (Å²) in [6.45, 7) is 9.04. The lowest BCUT2D eigenvalue weighted by Crippen LogP contribution is -2.36. The molecular weight excluding hydrogens is 535 g/mol. The molecule has 1 N–H and O–H groups in total. The fourth-order valence-corrected chi connectivity index (χ4v) is 5.87. The molecule has 216 valence electrons. The van der Waals surface area contributed by atoms with E-state index in [0.29, 0.717) is 42.5 Å². The standard InChI is InChI=1S/C32H33FN6O3/c1-19-14-20(27-6-5-12-38(27)31(40)42-32(2,3)4)7-8-22(19)25-17-36-30(39-18-21(15-34)37-29(25)39)35-16-24-23-11-13-41-28(23)10-9-26(24)33/h7-10,14,17-18,27H,5-6,11-13,16H2,1-4H3,(H,35,36)/t27-/m1/s1. The molecule has 0 saturated carbocycles. The number of fused-ring (bicyclic) bond motifs is 2. The highest BCUT2D eigenvalue weighted by atomic mass is 19.1. The summed E-state index contributed by atoms with van der Waals surface area (Å²) in [6.07, 6.45) is 5.50. The van der Waals surface area contributed by atoms with Gasteiger partial charge < -0.3 is 19.7 Å². The molecule has 1 saturated heterocycles. The van der Waals surface area contributed by atoms with Crippen molar-refractivity contribution >= 4 is 17.7 Å². The molecule has 2 aliphatic heterocycles. The van der Waals surface area contributed by atoms with E-state index in [4.69, 9.17) is 9.47 Å². The van der Waals surface area contributed by atoms with E-state index < -0.39 is 5.60 Å². The molecule has 42 heavy (non-hydrogen) atoms. The van der Waals surface area contributed by atoms with Crippen LogP contribution in [0.1, 0.15) is 67.6 Å². The Hall–Kier alpha value is -4.65. The van der Waals surface area contributed by atoms with Crippen molar-refractivity contribution in [1.29, 1.82) is 5.26 Å². The number of likely N-dealkylation sites (tertiary alicyclic amines) is 1. The van der Waals surface area contributed by atoms with Crippen molar-refractivity contribution in [3.05, 3.63) is 76.5 Å². The van der Waals surface area contributed by atoms with E-state index in [0.717, 1.165) is 40.7 Å². The molecule has 1 fully saturated rings. The van der Waals surface area contributed by atoms with Gasteiger partial charge in [-0.05, 0) is 69.4 Å². The van der Waals surface area contributed by atoms with E-state index in [1.807, 2.05) is 44.7 Å². The number of carbonyl (C=O) groups is 1. The first-order valence-corrected chi connectivity index (χ1v) is 14.2. The average Bonchev–Trinajstić information content (AvgIpc) is 3.71. The second-order valence-electron chi connectivity index (χ2n) is 11.8. The van der Waals surface area contributed by atoms with Gasteiger partial charge in [0.15, 0.2) is 11.3 Å². The van der Waals surface area contributed by atoms with Crippen LogP contribution in [-0.2, 0) is 17.7 Å². The molecular formula is C32H33FN6O3. The van der Waals surface area contributed by atoms with Crippen LogP contribution in [0.5, 0.6) is 5.75 Å². The van der Waals surface area contributed by atoms with Crippen LogP contribution in [0.3, 0.4) is 0 Å². The molecule has 0 radical (unpaired) electrons. The number of halogens is 1. The molecule has 0 spiro atoms. The minimum atomic E-state index is -0.556. The normalized spacial score (nSPS) is 16.3. The highest BCUT2D eigenvalue weighted by Crippen LogP contribution is 2.37. The van der Waals surface area contributed by atoms with E-state index in [9.17, 15) is 14.4 Å². The number of amides is 1. The van der Waals surface area contributed by atoms with Crippen molar-refractivity contribution in [2.24, 2.45) is 0 Å². The van der Waals surface area contributed by atoms with Crippen LogP contribution < -0.4 is 10.1 Å². The van der Waals surface area contributed by atoms with Crippen LogP contribution in [0.2, 0.25) is 0 Å². The van der Waals surface area contributed by atoms with Gasteiger partial charge in [0, 0.05) is 42.4 Å². The van der Waals surface area contributed by atoms with Crippen molar-refractivity contribution in [2.75, 3.05) is 18.5 Å². The van der Waals surface area contributed by atoms with Gasteiger partial charge in [0.2, 0.25) is 5.95 Å². The van der Waals surface area contributed by atoms with Crippen molar-refractivity contribution in [3.63, 3.8) is 0 Å². The number of nitrogens with zero attached hydrogens (tertiary/aromatic N) is 5. The lowest BCUT2D eigenvalue weighted by atomic mass is 9.96. The second kappa shape index (κ2) is 10.6. The predicted molar refractivity (Wildman–Crippen MR) is 156 cm³/mol. The Morgan fingerprint density at radius 2 is 2.10 bits per heavy atom. The van der Waals surface area contributed by atoms with E-state index in [1.54, 1.807) is 22.9 Å². The Balaban J connectivity index is 1.30. The summed E-state index contributed by atoms with van der Waals surface area (Å²) in [4.78, 5) is 23.9. The highest BCUT2D eigenvalue weighted by Gasteiger charge is 2.33. The number of benzene rings is 2. The Bertz CT molecular complexity index is 1740. The van der Waals surface area contributed by atoms with Crippen molar-refractivity contribution in [3.8, 4) is 22.9 Å². The molecule has 0 aliphatic carbocycles. The summed E-state index contributed by atoms with van der Waals surface area (Å²) < 4.78 is 27.7. The fourth-order valence-electron chi connectivity index (χ4n) is 5.87. The van der Waals surface area contributed by atoms with Crippen LogP contribution in [0.25, 0.3) is 16.8 Å². The third kappa shape index (κ3) is 5.11. The first-order chi connectivity index (χ1) is 20.1. The molecule has 1 atom stereocenters. The highest BCUT2D eigenvalue weighted by molar-refractivity contribution is 5.81. The number of ether oxygens (including phenoxy) is 2. The molecule has 4 heterocycles. The Morgan fingerprint density at radius 3 is 2.86 bits per heavy atom. The molecule has 0 unspecified atom stereocenters. The molecule has 2 aromatic heterocycles.